The van der Waals surface area contributed by atoms with Crippen LogP contribution in [0.1, 0.15) is 39.2 Å². The third-order valence-corrected chi connectivity index (χ3v) is 7.08. The van der Waals surface area contributed by atoms with E-state index >= 15 is 0 Å². The van der Waals surface area contributed by atoms with Crippen molar-refractivity contribution in [2.24, 2.45) is 0 Å². The summed E-state index contributed by atoms with van der Waals surface area (Å²) in [7, 11) is 0. The minimum Gasteiger partial charge on any atom is -0.481 e. The number of morpholine rings is 1. The fourth-order valence-corrected chi connectivity index (χ4v) is 5.15. The number of carboxylic acid groups (broad SMARTS) is 1. The van der Waals surface area contributed by atoms with Gasteiger partial charge in [0.1, 0.15) is 17.4 Å². The van der Waals surface area contributed by atoms with Crippen LogP contribution in [0.2, 0.25) is 0 Å². The summed E-state index contributed by atoms with van der Waals surface area (Å²) in [5.41, 5.74) is -0.0833. The number of ether oxygens (including phenoxy) is 2. The number of anilines is 4. The Hall–Kier alpha value is -5.11. The van der Waals surface area contributed by atoms with Gasteiger partial charge >= 0.3 is 12.1 Å². The summed E-state index contributed by atoms with van der Waals surface area (Å²) in [6.07, 6.45) is -0.208. The molecule has 14 nitrogen and oxygen atoms in total. The number of aldehydes is 1. The number of fused-ring (bicyclic) bond motifs is 2. The number of carbonyl (C=O) groups is 5. The van der Waals surface area contributed by atoms with E-state index in [0.29, 0.717) is 41.4 Å². The number of rotatable bonds is 8. The number of benzene rings is 2. The largest absolute Gasteiger partial charge is 0.481 e. The first-order valence-electron chi connectivity index (χ1n) is 13.9. The van der Waals surface area contributed by atoms with Crippen molar-refractivity contribution < 1.29 is 38.6 Å². The Morgan fingerprint density at radius 3 is 2.70 bits per heavy atom. The van der Waals surface area contributed by atoms with Crippen LogP contribution >= 0.6 is 0 Å². The maximum absolute atomic E-state index is 13.8. The molecule has 4 N–H and O–H groups in total. The zero-order valence-corrected chi connectivity index (χ0v) is 24.4. The molecule has 3 aromatic rings. The Labute approximate surface area is 252 Å². The average Bonchev–Trinajstić information content (AvgIpc) is 2.95. The summed E-state index contributed by atoms with van der Waals surface area (Å²) >= 11 is 0. The minimum atomic E-state index is -2.00. The number of nitrogens with one attached hydrogen (secondary N) is 3. The minimum absolute atomic E-state index is 0.0289. The molecule has 3 amide bonds. The van der Waals surface area contributed by atoms with E-state index in [0.717, 1.165) is 5.56 Å². The van der Waals surface area contributed by atoms with E-state index in [9.17, 15) is 29.1 Å². The molecule has 0 bridgehead atoms. The summed E-state index contributed by atoms with van der Waals surface area (Å²) in [6, 6.07) is 10.0. The van der Waals surface area contributed by atoms with E-state index in [1.807, 2.05) is 6.07 Å². The fourth-order valence-electron chi connectivity index (χ4n) is 5.15. The van der Waals surface area contributed by atoms with Gasteiger partial charge in [-0.05, 0) is 63.1 Å². The highest BCUT2D eigenvalue weighted by Gasteiger charge is 2.49. The van der Waals surface area contributed by atoms with Gasteiger partial charge < -0.3 is 34.9 Å². The lowest BCUT2D eigenvalue weighted by atomic mass is 9.87. The first-order chi connectivity index (χ1) is 20.9. The number of carbonyl (C=O) groups excluding carboxylic acids is 4. The van der Waals surface area contributed by atoms with Crippen molar-refractivity contribution in [3.63, 3.8) is 0 Å². The van der Waals surface area contributed by atoms with Crippen molar-refractivity contribution in [1.82, 2.24) is 9.97 Å². The predicted octanol–water partition coefficient (Wildman–Crippen LogP) is 3.12. The summed E-state index contributed by atoms with van der Waals surface area (Å²) < 4.78 is 11.0. The van der Waals surface area contributed by atoms with Crippen molar-refractivity contribution in [2.75, 3.05) is 34.0 Å². The normalized spacial score (nSPS) is 18.1. The zero-order valence-electron chi connectivity index (χ0n) is 24.4. The second kappa shape index (κ2) is 11.9. The van der Waals surface area contributed by atoms with Crippen LogP contribution in [0.25, 0.3) is 10.9 Å². The number of hydrogen-bond acceptors (Lipinski definition) is 10. The highest BCUT2D eigenvalue weighted by Crippen LogP contribution is 2.33. The third-order valence-electron chi connectivity index (χ3n) is 7.08. The number of carboxylic acids is 1. The number of nitrogens with zero attached hydrogens (tertiary/aromatic N) is 3. The van der Waals surface area contributed by atoms with Gasteiger partial charge in [-0.15, -0.1) is 0 Å². The van der Waals surface area contributed by atoms with Crippen LogP contribution in [0.3, 0.4) is 0 Å². The Morgan fingerprint density at radius 1 is 1.18 bits per heavy atom. The molecule has 3 heterocycles. The number of amides is 3. The van der Waals surface area contributed by atoms with Crippen LogP contribution in [0.15, 0.2) is 42.6 Å². The fraction of sp³-hybridized carbons (Fsp3) is 0.367. The molecule has 5 rings (SSSR count). The molecule has 1 unspecified atom stereocenters. The summed E-state index contributed by atoms with van der Waals surface area (Å²) in [4.78, 5) is 72.6. The lowest BCUT2D eigenvalue weighted by Crippen LogP contribution is -2.63. The van der Waals surface area contributed by atoms with Crippen molar-refractivity contribution >= 4 is 64.1 Å². The molecular weight excluding hydrogens is 572 g/mol. The smallest absolute Gasteiger partial charge is 0.414 e. The second-order valence-electron chi connectivity index (χ2n) is 11.6. The molecule has 2 atom stereocenters. The van der Waals surface area contributed by atoms with E-state index in [-0.39, 0.29) is 30.7 Å². The molecule has 2 aliphatic rings. The van der Waals surface area contributed by atoms with Crippen LogP contribution < -0.4 is 20.9 Å². The van der Waals surface area contributed by atoms with Gasteiger partial charge in [-0.2, -0.15) is 0 Å². The maximum Gasteiger partial charge on any atom is 0.414 e. The molecule has 0 saturated carbocycles. The van der Waals surface area contributed by atoms with Gasteiger partial charge in [0.2, 0.25) is 11.9 Å². The topological polar surface area (TPSA) is 189 Å². The van der Waals surface area contributed by atoms with Crippen molar-refractivity contribution in [1.29, 1.82) is 0 Å². The summed E-state index contributed by atoms with van der Waals surface area (Å²) in [5.74, 6) is -2.11. The standard InChI is InChI=1S/C30H32N6O8/c1-29(2,3)44-28(42)34-27-31-15-18-4-7-19(12-21(18)33-27)35-30(16-37,14-24(39)40)25-26(41)36(10-11-43-25)20-8-5-17-6-9-23(38)32-22(17)13-20/h4-5,7-8,12-13,15-16,25,35H,6,9-11,14H2,1-3H3,(H,32,38)(H,39,40)(H,31,33,34,42)/t25-,30?/m0/s1. The molecule has 44 heavy (non-hydrogen) atoms. The highest BCUT2D eigenvalue weighted by molar-refractivity contribution is 6.03. The second-order valence-corrected chi connectivity index (χ2v) is 11.6. The highest BCUT2D eigenvalue weighted by atomic mass is 16.6. The molecule has 1 saturated heterocycles. The van der Waals surface area contributed by atoms with Gasteiger partial charge in [-0.3, -0.25) is 19.7 Å². The van der Waals surface area contributed by atoms with E-state index < -0.39 is 41.6 Å². The number of aliphatic carboxylic acids is 1. The number of aryl methyl sites for hydroxylation is 1. The SMILES string of the molecule is CC(C)(C)OC(=O)Nc1ncc2ccc(NC(C=O)(CC(=O)O)[C@H]3OCCN(c4ccc5c(c4)NC(=O)CC5)C3=O)cc2n1. The van der Waals surface area contributed by atoms with Gasteiger partial charge in [0.25, 0.3) is 5.91 Å². The Bertz CT molecular complexity index is 1650. The Kier molecular flexibility index (Phi) is 8.19. The molecule has 14 heteroatoms. The monoisotopic (exact) mass is 604 g/mol. The van der Waals surface area contributed by atoms with Crippen LogP contribution in [0.4, 0.5) is 27.8 Å². The summed E-state index contributed by atoms with van der Waals surface area (Å²) in [6.45, 7) is 5.34. The molecule has 1 aromatic heterocycles. The van der Waals surface area contributed by atoms with Crippen molar-refractivity contribution in [3.8, 4) is 0 Å². The van der Waals surface area contributed by atoms with E-state index in [4.69, 9.17) is 9.47 Å². The molecule has 0 radical (unpaired) electrons. The Balaban J connectivity index is 1.43. The molecule has 1 fully saturated rings. The number of hydrogen-bond donors (Lipinski definition) is 4. The van der Waals surface area contributed by atoms with Crippen LogP contribution in [-0.4, -0.2) is 75.6 Å². The molecule has 0 spiro atoms. The van der Waals surface area contributed by atoms with Crippen LogP contribution in [0, 0.1) is 0 Å². The van der Waals surface area contributed by atoms with Crippen molar-refractivity contribution in [2.45, 2.75) is 57.3 Å². The van der Waals surface area contributed by atoms with Crippen LogP contribution in [-0.2, 0) is 35.1 Å². The molecule has 2 aliphatic heterocycles. The number of aromatic nitrogens is 2. The van der Waals surface area contributed by atoms with Gasteiger partial charge in [0.05, 0.1) is 18.5 Å². The first kappa shape index (κ1) is 30.4. The lowest BCUT2D eigenvalue weighted by Gasteiger charge is -2.41. The lowest BCUT2D eigenvalue weighted by molar-refractivity contribution is -0.148. The van der Waals surface area contributed by atoms with Gasteiger partial charge in [-0.1, -0.05) is 6.07 Å². The van der Waals surface area contributed by atoms with Crippen LogP contribution in [0.5, 0.6) is 0 Å². The predicted molar refractivity (Wildman–Crippen MR) is 160 cm³/mol. The summed E-state index contributed by atoms with van der Waals surface area (Å²) in [5, 5.41) is 18.6. The van der Waals surface area contributed by atoms with Crippen molar-refractivity contribution in [3.05, 3.63) is 48.2 Å². The first-order valence-corrected chi connectivity index (χ1v) is 13.9. The van der Waals surface area contributed by atoms with Gasteiger partial charge in [0.15, 0.2) is 6.10 Å². The molecular formula is C30H32N6O8. The van der Waals surface area contributed by atoms with E-state index in [2.05, 4.69) is 25.9 Å². The zero-order chi connectivity index (χ0) is 31.6. The molecule has 230 valence electrons. The molecule has 0 aliphatic carbocycles. The quantitative estimate of drug-likeness (QED) is 0.277. The molecule has 2 aromatic carbocycles. The van der Waals surface area contributed by atoms with E-state index in [1.165, 1.54) is 17.2 Å². The van der Waals surface area contributed by atoms with E-state index in [1.54, 1.807) is 45.0 Å². The van der Waals surface area contributed by atoms with Gasteiger partial charge in [-0.25, -0.2) is 14.8 Å². The third kappa shape index (κ3) is 6.59. The maximum atomic E-state index is 13.8. The average molecular weight is 605 g/mol. The Morgan fingerprint density at radius 2 is 1.98 bits per heavy atom. The van der Waals surface area contributed by atoms with Gasteiger partial charge in [0, 0.05) is 41.6 Å².